The summed E-state index contributed by atoms with van der Waals surface area (Å²) >= 11 is 0. The largest absolute Gasteiger partial charge is 0.0629 e. The van der Waals surface area contributed by atoms with Crippen molar-refractivity contribution >= 4 is 0 Å². The van der Waals surface area contributed by atoms with Crippen molar-refractivity contribution in [3.63, 3.8) is 0 Å². The lowest BCUT2D eigenvalue weighted by molar-refractivity contribution is 0.867. The summed E-state index contributed by atoms with van der Waals surface area (Å²) in [5, 5.41) is 0. The minimum absolute atomic E-state index is 0.184. The lowest BCUT2D eigenvalue weighted by atomic mass is 9.96. The van der Waals surface area contributed by atoms with Crippen LogP contribution in [0.4, 0.5) is 0 Å². The van der Waals surface area contributed by atoms with Crippen molar-refractivity contribution in [3.05, 3.63) is 109 Å². The minimum Gasteiger partial charge on any atom is -0.0622 e. The van der Waals surface area contributed by atoms with Crippen molar-refractivity contribution in [2.24, 2.45) is 0 Å². The zero-order valence-corrected chi connectivity index (χ0v) is 15.5. The van der Waals surface area contributed by atoms with E-state index in [2.05, 4.69) is 62.4 Å². The molecule has 0 amide bonds. The summed E-state index contributed by atoms with van der Waals surface area (Å²) in [7, 11) is 0. The molecule has 0 nitrogen and oxygen atoms in total. The van der Waals surface area contributed by atoms with E-state index in [0.717, 1.165) is 16.7 Å². The van der Waals surface area contributed by atoms with E-state index in [1.165, 1.54) is 11.1 Å². The summed E-state index contributed by atoms with van der Waals surface area (Å²) in [6.07, 6.45) is 0. The van der Waals surface area contributed by atoms with Crippen LogP contribution >= 0.6 is 0 Å². The Morgan fingerprint density at radius 2 is 0.815 bits per heavy atom. The van der Waals surface area contributed by atoms with Crippen molar-refractivity contribution in [2.75, 3.05) is 0 Å². The highest BCUT2D eigenvalue weighted by Crippen LogP contribution is 2.28. The summed E-state index contributed by atoms with van der Waals surface area (Å²) in [5.41, 5.74) is 6.54. The van der Waals surface area contributed by atoms with Crippen LogP contribution in [0.15, 0.2) is 103 Å². The van der Waals surface area contributed by atoms with Gasteiger partial charge in [-0.05, 0) is 44.9 Å². The van der Waals surface area contributed by atoms with E-state index in [1.54, 1.807) is 0 Å². The third-order valence-corrected chi connectivity index (χ3v) is 4.80. The van der Waals surface area contributed by atoms with Gasteiger partial charge in [-0.2, -0.15) is 0 Å². The number of hydrogen-bond donors (Lipinski definition) is 0. The van der Waals surface area contributed by atoms with Crippen LogP contribution in [0.1, 0.15) is 32.2 Å². The van der Waals surface area contributed by atoms with Gasteiger partial charge in [-0.25, -0.2) is 0 Å². The normalized spacial score (nSPS) is 13.5. The number of rotatable bonds is 4. The van der Waals surface area contributed by atoms with Crippen LogP contribution < -0.4 is 0 Å². The predicted octanol–water partition coefficient (Wildman–Crippen LogP) is 7.81. The Morgan fingerprint density at radius 1 is 0.481 bits per heavy atom. The molecule has 0 saturated heterocycles. The van der Waals surface area contributed by atoms with Crippen molar-refractivity contribution in [1.82, 2.24) is 0 Å². The Bertz CT molecular complexity index is 1230. The van der Waals surface area contributed by atoms with Crippen LogP contribution in [0.25, 0.3) is 33.4 Å². The quantitative estimate of drug-likeness (QED) is 0.351. The van der Waals surface area contributed by atoms with Gasteiger partial charge >= 0.3 is 0 Å². The second-order valence-corrected chi connectivity index (χ2v) is 6.93. The van der Waals surface area contributed by atoms with E-state index in [1.807, 2.05) is 24.3 Å². The molecule has 0 radical (unpaired) electrons. The maximum Gasteiger partial charge on any atom is 0.0629 e. The molecule has 0 bridgehead atoms. The van der Waals surface area contributed by atoms with Crippen molar-refractivity contribution in [1.29, 1.82) is 0 Å². The molecular formula is C27H24. The predicted molar refractivity (Wildman–Crippen MR) is 117 cm³/mol. The molecule has 4 rings (SSSR count). The van der Waals surface area contributed by atoms with Crippen molar-refractivity contribution in [2.45, 2.75) is 19.8 Å². The zero-order valence-electron chi connectivity index (χ0n) is 20.5. The Morgan fingerprint density at radius 3 is 1.19 bits per heavy atom. The van der Waals surface area contributed by atoms with Crippen LogP contribution in [0.5, 0.6) is 0 Å². The summed E-state index contributed by atoms with van der Waals surface area (Å²) in [6.45, 7) is 4.37. The van der Waals surface area contributed by atoms with E-state index in [9.17, 15) is 0 Å². The Balaban J connectivity index is 1.62. The summed E-state index contributed by atoms with van der Waals surface area (Å²) in [6, 6.07) is 23.1. The smallest absolute Gasteiger partial charge is 0.0622 e. The molecule has 0 fully saturated rings. The van der Waals surface area contributed by atoms with Gasteiger partial charge in [0, 0.05) is 0 Å². The molecule has 0 aliphatic carbocycles. The molecular weight excluding hydrogens is 324 g/mol. The fraction of sp³-hybridized carbons (Fsp3) is 0.111. The van der Waals surface area contributed by atoms with E-state index < -0.39 is 0 Å². The molecule has 0 saturated carbocycles. The molecule has 4 aromatic carbocycles. The topological polar surface area (TPSA) is 0 Å². The molecule has 0 heterocycles. The Kier molecular flexibility index (Phi) is 3.48. The SMILES string of the molecule is [2H]c1c([2H])c([2H])c(-c2ccc(-c3ccc(-c4ccc(C(C)C)cc4)cc3)cc2)c([2H])c1[2H]. The van der Waals surface area contributed by atoms with E-state index in [0.29, 0.717) is 11.5 Å². The summed E-state index contributed by atoms with van der Waals surface area (Å²) in [5.74, 6) is 0.511. The van der Waals surface area contributed by atoms with Crippen LogP contribution in [-0.2, 0) is 0 Å². The molecule has 0 aliphatic rings. The van der Waals surface area contributed by atoms with Crippen LogP contribution in [0, 0.1) is 0 Å². The maximum absolute atomic E-state index is 8.16. The van der Waals surface area contributed by atoms with E-state index in [-0.39, 0.29) is 35.8 Å². The fourth-order valence-corrected chi connectivity index (χ4v) is 3.14. The van der Waals surface area contributed by atoms with Crippen LogP contribution in [0.3, 0.4) is 0 Å². The number of hydrogen-bond acceptors (Lipinski definition) is 0. The van der Waals surface area contributed by atoms with Crippen LogP contribution in [0.2, 0.25) is 0 Å². The molecule has 0 N–H and O–H groups in total. The van der Waals surface area contributed by atoms with Crippen molar-refractivity contribution < 1.29 is 6.85 Å². The van der Waals surface area contributed by atoms with Gasteiger partial charge in [-0.1, -0.05) is 117 Å². The Labute approximate surface area is 169 Å². The summed E-state index contributed by atoms with van der Waals surface area (Å²) < 4.78 is 39.8. The highest BCUT2D eigenvalue weighted by molar-refractivity contribution is 5.73. The molecule has 132 valence electrons. The maximum atomic E-state index is 8.16. The zero-order chi connectivity index (χ0) is 23.0. The van der Waals surface area contributed by atoms with E-state index >= 15 is 0 Å². The highest BCUT2D eigenvalue weighted by atomic mass is 14.1. The van der Waals surface area contributed by atoms with Gasteiger partial charge in [-0.3, -0.25) is 0 Å². The highest BCUT2D eigenvalue weighted by Gasteiger charge is 2.03. The van der Waals surface area contributed by atoms with Gasteiger partial charge in [0.2, 0.25) is 0 Å². The first-order chi connectivity index (χ1) is 15.3. The molecule has 0 spiro atoms. The average Bonchev–Trinajstić information content (AvgIpc) is 2.82. The van der Waals surface area contributed by atoms with Crippen LogP contribution in [-0.4, -0.2) is 0 Å². The molecule has 0 aromatic heterocycles. The van der Waals surface area contributed by atoms with Gasteiger partial charge < -0.3 is 0 Å². The van der Waals surface area contributed by atoms with Crippen molar-refractivity contribution in [3.8, 4) is 33.4 Å². The van der Waals surface area contributed by atoms with E-state index in [4.69, 9.17) is 6.85 Å². The average molecular weight is 354 g/mol. The molecule has 0 aliphatic heterocycles. The number of benzene rings is 4. The second-order valence-electron chi connectivity index (χ2n) is 6.93. The molecule has 27 heavy (non-hydrogen) atoms. The molecule has 0 unspecified atom stereocenters. The minimum atomic E-state index is -0.376. The van der Waals surface area contributed by atoms with Gasteiger partial charge in [0.05, 0.1) is 6.85 Å². The molecule has 0 atom stereocenters. The van der Waals surface area contributed by atoms with Gasteiger partial charge in [0.25, 0.3) is 0 Å². The Hall–Kier alpha value is -3.12. The van der Waals surface area contributed by atoms with Gasteiger partial charge in [-0.15, -0.1) is 0 Å². The monoisotopic (exact) mass is 353 g/mol. The third-order valence-electron chi connectivity index (χ3n) is 4.80. The lowest BCUT2D eigenvalue weighted by Gasteiger charge is -2.09. The first kappa shape index (κ1) is 12.3. The fourth-order valence-electron chi connectivity index (χ4n) is 3.14. The van der Waals surface area contributed by atoms with Gasteiger partial charge in [0.1, 0.15) is 0 Å². The van der Waals surface area contributed by atoms with Gasteiger partial charge in [0.15, 0.2) is 0 Å². The second kappa shape index (κ2) is 7.63. The summed E-state index contributed by atoms with van der Waals surface area (Å²) in [4.78, 5) is 0. The standard InChI is InChI=1S/C27H24/c1-20(2)21-8-10-24(11-9-21)25-16-18-27(19-17-25)26-14-12-23(13-15-26)22-6-4-3-5-7-22/h3-20H,1-2H3/i3D,4D,5D,6D,7D. The lowest BCUT2D eigenvalue weighted by Crippen LogP contribution is -1.87. The molecule has 0 heteroatoms. The molecule has 4 aromatic rings. The first-order valence-corrected chi connectivity index (χ1v) is 9.16. The third kappa shape index (κ3) is 3.85. The first-order valence-electron chi connectivity index (χ1n) is 11.7.